The van der Waals surface area contributed by atoms with Crippen LogP contribution >= 0.6 is 11.3 Å². The molecule has 0 unspecified atom stereocenters. The number of aromatic nitrogens is 1. The first-order valence-electron chi connectivity index (χ1n) is 8.45. The average Bonchev–Trinajstić information content (AvgIpc) is 3.17. The van der Waals surface area contributed by atoms with E-state index in [1.54, 1.807) is 18.8 Å². The maximum Gasteiger partial charge on any atom is 0.263 e. The van der Waals surface area contributed by atoms with Crippen LogP contribution in [0.1, 0.15) is 41.8 Å². The predicted octanol–water partition coefficient (Wildman–Crippen LogP) is 3.00. The minimum Gasteiger partial charge on any atom is -0.497 e. The number of carbonyl (C=O) groups is 2. The molecule has 0 radical (unpaired) electrons. The second-order valence-corrected chi connectivity index (χ2v) is 6.74. The fraction of sp³-hybridized carbons (Fsp3) is 0.389. The van der Waals surface area contributed by atoms with E-state index in [4.69, 9.17) is 9.94 Å². The Hall–Kier alpha value is -2.45. The highest BCUT2D eigenvalue weighted by atomic mass is 32.1. The summed E-state index contributed by atoms with van der Waals surface area (Å²) in [4.78, 5) is 27.9. The van der Waals surface area contributed by atoms with Gasteiger partial charge in [0.15, 0.2) is 0 Å². The third-order valence-electron chi connectivity index (χ3n) is 3.81. The van der Waals surface area contributed by atoms with Gasteiger partial charge in [-0.1, -0.05) is 12.8 Å². The van der Waals surface area contributed by atoms with Gasteiger partial charge in [-0.3, -0.25) is 14.8 Å². The van der Waals surface area contributed by atoms with Crippen LogP contribution in [-0.2, 0) is 4.79 Å². The summed E-state index contributed by atoms with van der Waals surface area (Å²) in [5.74, 6) is 0.290. The van der Waals surface area contributed by atoms with Crippen molar-refractivity contribution in [2.45, 2.75) is 32.1 Å². The number of thiazole rings is 1. The summed E-state index contributed by atoms with van der Waals surface area (Å²) in [5.41, 5.74) is 2.56. The number of benzene rings is 1. The number of hydrogen-bond donors (Lipinski definition) is 3. The van der Waals surface area contributed by atoms with E-state index in [1.807, 2.05) is 24.3 Å². The molecular formula is C18H23N3O4S. The van der Waals surface area contributed by atoms with E-state index in [0.29, 0.717) is 17.8 Å². The monoisotopic (exact) mass is 377 g/mol. The van der Waals surface area contributed by atoms with Crippen LogP contribution in [0.4, 0.5) is 0 Å². The predicted molar refractivity (Wildman–Crippen MR) is 99.4 cm³/mol. The number of ether oxygens (including phenoxy) is 1. The van der Waals surface area contributed by atoms with Gasteiger partial charge in [0, 0.05) is 18.5 Å². The highest BCUT2D eigenvalue weighted by Gasteiger charge is 2.11. The number of methoxy groups -OCH3 is 1. The number of rotatable bonds is 10. The molecule has 140 valence electrons. The van der Waals surface area contributed by atoms with Crippen molar-refractivity contribution < 1.29 is 19.5 Å². The van der Waals surface area contributed by atoms with Gasteiger partial charge in [0.05, 0.1) is 13.3 Å². The van der Waals surface area contributed by atoms with Gasteiger partial charge in [-0.2, -0.15) is 0 Å². The fourth-order valence-corrected chi connectivity index (χ4v) is 3.19. The van der Waals surface area contributed by atoms with Crippen molar-refractivity contribution in [3.63, 3.8) is 0 Å². The first-order chi connectivity index (χ1) is 12.6. The lowest BCUT2D eigenvalue weighted by Crippen LogP contribution is -2.23. The lowest BCUT2D eigenvalue weighted by Gasteiger charge is -2.03. The van der Waals surface area contributed by atoms with Crippen LogP contribution in [0.5, 0.6) is 5.75 Å². The summed E-state index contributed by atoms with van der Waals surface area (Å²) in [6, 6.07) is 7.55. The Morgan fingerprint density at radius 2 is 1.88 bits per heavy atom. The molecule has 1 aromatic carbocycles. The van der Waals surface area contributed by atoms with Crippen LogP contribution in [0.3, 0.4) is 0 Å². The molecule has 0 atom stereocenters. The van der Waals surface area contributed by atoms with Gasteiger partial charge in [0.2, 0.25) is 5.91 Å². The van der Waals surface area contributed by atoms with Crippen LogP contribution in [0.2, 0.25) is 0 Å². The fourth-order valence-electron chi connectivity index (χ4n) is 2.36. The first-order valence-corrected chi connectivity index (χ1v) is 9.27. The molecule has 7 nitrogen and oxygen atoms in total. The summed E-state index contributed by atoms with van der Waals surface area (Å²) < 4.78 is 5.13. The van der Waals surface area contributed by atoms with E-state index < -0.39 is 0 Å². The summed E-state index contributed by atoms with van der Waals surface area (Å²) in [6.45, 7) is 0.584. The number of nitrogens with one attached hydrogen (secondary N) is 2. The molecule has 2 amide bonds. The Balaban J connectivity index is 1.71. The molecule has 0 saturated heterocycles. The van der Waals surface area contributed by atoms with Gasteiger partial charge in [-0.15, -0.1) is 11.3 Å². The van der Waals surface area contributed by atoms with E-state index in [1.165, 1.54) is 11.3 Å². The van der Waals surface area contributed by atoms with Gasteiger partial charge < -0.3 is 10.1 Å². The van der Waals surface area contributed by atoms with Crippen LogP contribution in [0, 0.1) is 0 Å². The SMILES string of the molecule is COc1ccc(-c2ncc(C(=O)NCCCCCCC(=O)NO)s2)cc1. The largest absolute Gasteiger partial charge is 0.497 e. The van der Waals surface area contributed by atoms with Gasteiger partial charge in [0.1, 0.15) is 15.6 Å². The third kappa shape index (κ3) is 6.12. The maximum absolute atomic E-state index is 12.2. The van der Waals surface area contributed by atoms with E-state index >= 15 is 0 Å². The van der Waals surface area contributed by atoms with Crippen LogP contribution in [-0.4, -0.2) is 35.7 Å². The summed E-state index contributed by atoms with van der Waals surface area (Å²) in [6.07, 6.45) is 5.27. The van der Waals surface area contributed by atoms with Crippen LogP contribution < -0.4 is 15.5 Å². The Morgan fingerprint density at radius 1 is 1.15 bits per heavy atom. The van der Waals surface area contributed by atoms with Crippen molar-refractivity contribution in [1.82, 2.24) is 15.8 Å². The standard InChI is InChI=1S/C18H23N3O4S/c1-25-14-9-7-13(8-10-14)18-20-12-15(26-18)17(23)19-11-5-3-2-4-6-16(22)21-24/h7-10,12,24H,2-6,11H2,1H3,(H,19,23)(H,21,22). The maximum atomic E-state index is 12.2. The number of unbranched alkanes of at least 4 members (excludes halogenated alkanes) is 3. The minimum atomic E-state index is -0.365. The number of hydrogen-bond acceptors (Lipinski definition) is 6. The highest BCUT2D eigenvalue weighted by Crippen LogP contribution is 2.26. The normalized spacial score (nSPS) is 10.4. The molecule has 8 heteroatoms. The summed E-state index contributed by atoms with van der Waals surface area (Å²) in [5, 5.41) is 12.1. The Bertz CT molecular complexity index is 715. The molecule has 0 fully saturated rings. The Kier molecular flexibility index (Phi) is 8.04. The Labute approximate surface area is 156 Å². The molecule has 0 spiro atoms. The number of nitrogens with zero attached hydrogens (tertiary/aromatic N) is 1. The molecule has 0 aliphatic heterocycles. The summed E-state index contributed by atoms with van der Waals surface area (Å²) in [7, 11) is 1.62. The average molecular weight is 377 g/mol. The van der Waals surface area contributed by atoms with E-state index in [9.17, 15) is 9.59 Å². The molecule has 3 N–H and O–H groups in total. The molecule has 0 bridgehead atoms. The lowest BCUT2D eigenvalue weighted by atomic mass is 10.1. The zero-order valence-corrected chi connectivity index (χ0v) is 15.5. The lowest BCUT2D eigenvalue weighted by molar-refractivity contribution is -0.129. The molecule has 0 saturated carbocycles. The van der Waals surface area contributed by atoms with Crippen molar-refractivity contribution in [2.24, 2.45) is 0 Å². The van der Waals surface area contributed by atoms with Gasteiger partial charge in [-0.05, 0) is 37.1 Å². The topological polar surface area (TPSA) is 101 Å². The van der Waals surface area contributed by atoms with Crippen LogP contribution in [0.25, 0.3) is 10.6 Å². The molecule has 0 aliphatic carbocycles. The van der Waals surface area contributed by atoms with Crippen LogP contribution in [0.15, 0.2) is 30.5 Å². The molecular weight excluding hydrogens is 354 g/mol. The molecule has 2 aromatic rings. The zero-order chi connectivity index (χ0) is 18.8. The minimum absolute atomic E-state index is 0.123. The van der Waals surface area contributed by atoms with Gasteiger partial charge in [0.25, 0.3) is 5.91 Å². The zero-order valence-electron chi connectivity index (χ0n) is 14.7. The number of amides is 2. The smallest absolute Gasteiger partial charge is 0.263 e. The molecule has 1 heterocycles. The summed E-state index contributed by atoms with van der Waals surface area (Å²) >= 11 is 1.35. The second-order valence-electron chi connectivity index (χ2n) is 5.71. The molecule has 1 aromatic heterocycles. The highest BCUT2D eigenvalue weighted by molar-refractivity contribution is 7.16. The van der Waals surface area contributed by atoms with Crippen molar-refractivity contribution in [3.05, 3.63) is 35.3 Å². The third-order valence-corrected chi connectivity index (χ3v) is 4.85. The Morgan fingerprint density at radius 3 is 2.58 bits per heavy atom. The van der Waals surface area contributed by atoms with Crippen molar-refractivity contribution in [2.75, 3.05) is 13.7 Å². The van der Waals surface area contributed by atoms with E-state index in [-0.39, 0.29) is 11.8 Å². The molecule has 0 aliphatic rings. The van der Waals surface area contributed by atoms with Gasteiger partial charge >= 0.3 is 0 Å². The number of hydroxylamine groups is 1. The van der Waals surface area contributed by atoms with Crippen molar-refractivity contribution in [1.29, 1.82) is 0 Å². The van der Waals surface area contributed by atoms with Crippen molar-refractivity contribution >= 4 is 23.2 Å². The molecule has 26 heavy (non-hydrogen) atoms. The van der Waals surface area contributed by atoms with E-state index in [0.717, 1.165) is 42.0 Å². The van der Waals surface area contributed by atoms with Crippen molar-refractivity contribution in [3.8, 4) is 16.3 Å². The van der Waals surface area contributed by atoms with E-state index in [2.05, 4.69) is 10.3 Å². The first kappa shape index (κ1) is 19.9. The molecule has 2 rings (SSSR count). The van der Waals surface area contributed by atoms with Gasteiger partial charge in [-0.25, -0.2) is 10.5 Å². The quantitative estimate of drug-likeness (QED) is 0.336. The second kappa shape index (κ2) is 10.5. The number of carbonyl (C=O) groups excluding carboxylic acids is 2.